The number of fused-ring (bicyclic) bond motifs is 1. The number of anilines is 1. The van der Waals surface area contributed by atoms with Gasteiger partial charge < -0.3 is 10.5 Å². The van der Waals surface area contributed by atoms with Crippen LogP contribution in [-0.2, 0) is 11.2 Å². The van der Waals surface area contributed by atoms with Crippen LogP contribution in [0.2, 0.25) is 0 Å². The molecule has 0 aliphatic heterocycles. The molecule has 0 fully saturated rings. The Morgan fingerprint density at radius 1 is 1.56 bits per heavy atom. The molecule has 0 saturated heterocycles. The van der Waals surface area contributed by atoms with Gasteiger partial charge >= 0.3 is 5.97 Å². The van der Waals surface area contributed by atoms with E-state index in [1.54, 1.807) is 11.3 Å². The zero-order valence-electron chi connectivity index (χ0n) is 9.71. The van der Waals surface area contributed by atoms with E-state index in [4.69, 9.17) is 10.5 Å². The van der Waals surface area contributed by atoms with Crippen LogP contribution >= 0.6 is 11.3 Å². The Hall–Kier alpha value is -1.03. The third-order valence-electron chi connectivity index (χ3n) is 3.15. The van der Waals surface area contributed by atoms with E-state index < -0.39 is 0 Å². The minimum Gasteiger partial charge on any atom is -0.462 e. The summed E-state index contributed by atoms with van der Waals surface area (Å²) >= 11 is 1.55. The summed E-state index contributed by atoms with van der Waals surface area (Å²) in [6, 6.07) is 0. The number of hydrogen-bond acceptors (Lipinski definition) is 4. The van der Waals surface area contributed by atoms with Crippen molar-refractivity contribution in [2.45, 2.75) is 39.0 Å². The average Bonchev–Trinajstić information content (AvgIpc) is 2.75. The smallest absolute Gasteiger partial charge is 0.341 e. The second-order valence-corrected chi connectivity index (χ2v) is 5.18. The summed E-state index contributed by atoms with van der Waals surface area (Å²) in [7, 11) is 0. The fourth-order valence-corrected chi connectivity index (χ4v) is 3.56. The van der Waals surface area contributed by atoms with Crippen molar-refractivity contribution in [3.63, 3.8) is 0 Å². The Kier molecular flexibility index (Phi) is 3.19. The van der Waals surface area contributed by atoms with Crippen LogP contribution in [0.4, 0.5) is 5.00 Å². The van der Waals surface area contributed by atoms with Gasteiger partial charge in [-0.05, 0) is 37.7 Å². The summed E-state index contributed by atoms with van der Waals surface area (Å²) in [4.78, 5) is 13.1. The molecule has 1 aliphatic carbocycles. The molecule has 3 nitrogen and oxygen atoms in total. The van der Waals surface area contributed by atoms with E-state index >= 15 is 0 Å². The maximum atomic E-state index is 11.9. The maximum absolute atomic E-state index is 11.9. The summed E-state index contributed by atoms with van der Waals surface area (Å²) in [5, 5.41) is 0.626. The molecule has 0 saturated carbocycles. The van der Waals surface area contributed by atoms with Crippen LogP contribution in [-0.4, -0.2) is 12.6 Å². The summed E-state index contributed by atoms with van der Waals surface area (Å²) in [6.45, 7) is 4.38. The molecule has 0 amide bonds. The zero-order valence-corrected chi connectivity index (χ0v) is 10.5. The molecule has 0 spiro atoms. The first-order chi connectivity index (χ1) is 7.69. The van der Waals surface area contributed by atoms with Gasteiger partial charge in [0.2, 0.25) is 0 Å². The number of carbonyl (C=O) groups is 1. The molecule has 0 bridgehead atoms. The number of esters is 1. The van der Waals surface area contributed by atoms with Crippen LogP contribution in [0.3, 0.4) is 0 Å². The van der Waals surface area contributed by atoms with Crippen molar-refractivity contribution in [1.82, 2.24) is 0 Å². The van der Waals surface area contributed by atoms with Gasteiger partial charge in [0.25, 0.3) is 0 Å². The number of hydrogen-bond donors (Lipinski definition) is 1. The molecular formula is C12H17NO2S. The summed E-state index contributed by atoms with van der Waals surface area (Å²) in [6.07, 6.45) is 3.27. The first kappa shape index (κ1) is 11.5. The third-order valence-corrected chi connectivity index (χ3v) is 4.24. The molecule has 1 unspecified atom stereocenters. The molecule has 0 radical (unpaired) electrons. The third kappa shape index (κ3) is 1.71. The molecule has 88 valence electrons. The maximum Gasteiger partial charge on any atom is 0.341 e. The van der Waals surface area contributed by atoms with Crippen molar-refractivity contribution in [3.05, 3.63) is 16.0 Å². The number of nitrogen functional groups attached to an aromatic ring is 1. The Balaban J connectivity index is 2.41. The highest BCUT2D eigenvalue weighted by atomic mass is 32.1. The van der Waals surface area contributed by atoms with E-state index in [1.807, 2.05) is 6.92 Å². The van der Waals surface area contributed by atoms with E-state index in [-0.39, 0.29) is 5.97 Å². The Morgan fingerprint density at radius 3 is 2.94 bits per heavy atom. The van der Waals surface area contributed by atoms with Crippen LogP contribution in [0, 0.1) is 0 Å². The zero-order chi connectivity index (χ0) is 11.7. The molecule has 16 heavy (non-hydrogen) atoms. The highest BCUT2D eigenvalue weighted by Crippen LogP contribution is 2.45. The summed E-state index contributed by atoms with van der Waals surface area (Å²) in [5.41, 5.74) is 7.73. The van der Waals surface area contributed by atoms with E-state index in [0.29, 0.717) is 23.1 Å². The topological polar surface area (TPSA) is 52.3 Å². The van der Waals surface area contributed by atoms with Crippen molar-refractivity contribution in [3.8, 4) is 0 Å². The molecule has 4 heteroatoms. The Morgan fingerprint density at radius 2 is 2.31 bits per heavy atom. The van der Waals surface area contributed by atoms with Gasteiger partial charge in [-0.1, -0.05) is 6.92 Å². The largest absolute Gasteiger partial charge is 0.462 e. The monoisotopic (exact) mass is 239 g/mol. The molecule has 0 aromatic carbocycles. The highest BCUT2D eigenvalue weighted by Gasteiger charge is 2.31. The molecule has 2 N–H and O–H groups in total. The normalized spacial score (nSPS) is 18.5. The number of nitrogens with two attached hydrogens (primary N) is 1. The minimum atomic E-state index is -0.252. The van der Waals surface area contributed by atoms with Gasteiger partial charge in [0.05, 0.1) is 12.2 Å². The SMILES string of the molecule is CCOC(=O)c1c(N)sc2c1C(CC)CC2. The van der Waals surface area contributed by atoms with Gasteiger partial charge in [-0.3, -0.25) is 0 Å². The van der Waals surface area contributed by atoms with Crippen molar-refractivity contribution in [1.29, 1.82) is 0 Å². The van der Waals surface area contributed by atoms with Crippen LogP contribution in [0.1, 0.15) is 53.4 Å². The second kappa shape index (κ2) is 4.45. The lowest BCUT2D eigenvalue weighted by Crippen LogP contribution is -2.09. The molecule has 1 atom stereocenters. The number of thiophene rings is 1. The fourth-order valence-electron chi connectivity index (χ4n) is 2.40. The number of aryl methyl sites for hydroxylation is 1. The predicted octanol–water partition coefficient (Wildman–Crippen LogP) is 2.95. The first-order valence-corrected chi connectivity index (χ1v) is 6.58. The van der Waals surface area contributed by atoms with Gasteiger partial charge in [0, 0.05) is 4.88 Å². The Labute approximate surface area is 99.6 Å². The summed E-state index contributed by atoms with van der Waals surface area (Å²) < 4.78 is 5.07. The van der Waals surface area contributed by atoms with Crippen molar-refractivity contribution in [2.24, 2.45) is 0 Å². The average molecular weight is 239 g/mol. The van der Waals surface area contributed by atoms with Crippen molar-refractivity contribution in [2.75, 3.05) is 12.3 Å². The van der Waals surface area contributed by atoms with E-state index in [0.717, 1.165) is 19.3 Å². The first-order valence-electron chi connectivity index (χ1n) is 5.77. The highest BCUT2D eigenvalue weighted by molar-refractivity contribution is 7.16. The van der Waals surface area contributed by atoms with Crippen LogP contribution in [0.25, 0.3) is 0 Å². The van der Waals surface area contributed by atoms with Gasteiger partial charge in [0.15, 0.2) is 0 Å². The summed E-state index contributed by atoms with van der Waals surface area (Å²) in [5.74, 6) is 0.237. The fraction of sp³-hybridized carbons (Fsp3) is 0.583. The molecule has 1 heterocycles. The predicted molar refractivity (Wildman–Crippen MR) is 66.0 cm³/mol. The molecule has 1 aliphatic rings. The quantitative estimate of drug-likeness (QED) is 0.825. The van der Waals surface area contributed by atoms with Gasteiger partial charge in [-0.25, -0.2) is 4.79 Å². The van der Waals surface area contributed by atoms with Gasteiger partial charge in [-0.15, -0.1) is 11.3 Å². The lowest BCUT2D eigenvalue weighted by Gasteiger charge is -2.10. The van der Waals surface area contributed by atoms with Crippen LogP contribution in [0.5, 0.6) is 0 Å². The van der Waals surface area contributed by atoms with E-state index in [2.05, 4.69) is 6.92 Å². The molecular weight excluding hydrogens is 222 g/mol. The molecule has 1 aromatic heterocycles. The number of rotatable bonds is 3. The number of carbonyl (C=O) groups excluding carboxylic acids is 1. The second-order valence-electron chi connectivity index (χ2n) is 4.04. The lowest BCUT2D eigenvalue weighted by atomic mass is 9.97. The van der Waals surface area contributed by atoms with E-state index in [1.165, 1.54) is 10.4 Å². The molecule has 2 rings (SSSR count). The Bertz CT molecular complexity index is 411. The van der Waals surface area contributed by atoms with Crippen molar-refractivity contribution < 1.29 is 9.53 Å². The lowest BCUT2D eigenvalue weighted by molar-refractivity contribution is 0.0526. The standard InChI is InChI=1S/C12H17NO2S/c1-3-7-5-6-8-9(7)10(11(13)16-8)12(14)15-4-2/h7H,3-6,13H2,1-2H3. The molecule has 1 aromatic rings. The van der Waals surface area contributed by atoms with Gasteiger partial charge in [-0.2, -0.15) is 0 Å². The van der Waals surface area contributed by atoms with Gasteiger partial charge in [0.1, 0.15) is 5.00 Å². The van der Waals surface area contributed by atoms with Crippen molar-refractivity contribution >= 4 is 22.3 Å². The van der Waals surface area contributed by atoms with Crippen LogP contribution < -0.4 is 5.73 Å². The minimum absolute atomic E-state index is 0.252. The van der Waals surface area contributed by atoms with Crippen LogP contribution in [0.15, 0.2) is 0 Å². The number of ether oxygens (including phenoxy) is 1. The van der Waals surface area contributed by atoms with E-state index in [9.17, 15) is 4.79 Å².